The second kappa shape index (κ2) is 7.67. The summed E-state index contributed by atoms with van der Waals surface area (Å²) < 4.78 is 4.77. The SMILES string of the molecule is Cc1cscc1CNC(=O)NCCOCC(=O)O. The number of ether oxygens (including phenoxy) is 1. The summed E-state index contributed by atoms with van der Waals surface area (Å²) in [6.07, 6.45) is 0. The molecule has 0 aliphatic rings. The van der Waals surface area contributed by atoms with Gasteiger partial charge in [-0.3, -0.25) is 0 Å². The standard InChI is InChI=1S/C11H16N2O4S/c1-8-6-18-7-9(8)4-13-11(16)12-2-3-17-5-10(14)15/h6-7H,2-5H2,1H3,(H,14,15)(H2,12,13,16). The van der Waals surface area contributed by atoms with Crippen LogP contribution in [-0.4, -0.2) is 36.9 Å². The lowest BCUT2D eigenvalue weighted by Crippen LogP contribution is -2.37. The zero-order valence-electron chi connectivity index (χ0n) is 10.1. The fraction of sp³-hybridized carbons (Fsp3) is 0.455. The van der Waals surface area contributed by atoms with Crippen molar-refractivity contribution < 1.29 is 19.4 Å². The summed E-state index contributed by atoms with van der Waals surface area (Å²) in [4.78, 5) is 21.5. The Bertz CT molecular complexity index is 406. The molecule has 6 nitrogen and oxygen atoms in total. The molecule has 0 bridgehead atoms. The van der Waals surface area contributed by atoms with E-state index in [-0.39, 0.29) is 25.8 Å². The molecule has 0 saturated heterocycles. The maximum Gasteiger partial charge on any atom is 0.329 e. The molecule has 0 aromatic carbocycles. The van der Waals surface area contributed by atoms with E-state index < -0.39 is 5.97 Å². The summed E-state index contributed by atoms with van der Waals surface area (Å²) >= 11 is 1.60. The van der Waals surface area contributed by atoms with Crippen LogP contribution in [0.15, 0.2) is 10.8 Å². The van der Waals surface area contributed by atoms with E-state index in [9.17, 15) is 9.59 Å². The van der Waals surface area contributed by atoms with Crippen molar-refractivity contribution in [2.24, 2.45) is 0 Å². The molecule has 0 saturated carbocycles. The molecule has 2 amide bonds. The minimum absolute atomic E-state index is 0.178. The lowest BCUT2D eigenvalue weighted by Gasteiger charge is -2.07. The molecule has 0 atom stereocenters. The van der Waals surface area contributed by atoms with Crippen LogP contribution in [0.4, 0.5) is 4.79 Å². The molecule has 1 heterocycles. The topological polar surface area (TPSA) is 87.7 Å². The number of aliphatic carboxylic acids is 1. The summed E-state index contributed by atoms with van der Waals surface area (Å²) in [7, 11) is 0. The highest BCUT2D eigenvalue weighted by atomic mass is 32.1. The van der Waals surface area contributed by atoms with Gasteiger partial charge in [-0.2, -0.15) is 11.3 Å². The highest BCUT2D eigenvalue weighted by Crippen LogP contribution is 2.12. The molecule has 0 aliphatic heterocycles. The predicted molar refractivity (Wildman–Crippen MR) is 67.7 cm³/mol. The van der Waals surface area contributed by atoms with Gasteiger partial charge in [0.15, 0.2) is 0 Å². The van der Waals surface area contributed by atoms with E-state index in [1.807, 2.05) is 17.7 Å². The fourth-order valence-electron chi connectivity index (χ4n) is 1.20. The highest BCUT2D eigenvalue weighted by molar-refractivity contribution is 7.08. The van der Waals surface area contributed by atoms with Crippen LogP contribution < -0.4 is 10.6 Å². The minimum Gasteiger partial charge on any atom is -0.480 e. The van der Waals surface area contributed by atoms with Gasteiger partial charge in [-0.05, 0) is 28.8 Å². The van der Waals surface area contributed by atoms with Crippen LogP contribution >= 0.6 is 11.3 Å². The molecule has 1 aromatic rings. The second-order valence-corrected chi connectivity index (χ2v) is 4.38. The normalized spacial score (nSPS) is 10.1. The lowest BCUT2D eigenvalue weighted by molar-refractivity contribution is -0.142. The van der Waals surface area contributed by atoms with Crippen molar-refractivity contribution in [1.29, 1.82) is 0 Å². The quantitative estimate of drug-likeness (QED) is 0.645. The van der Waals surface area contributed by atoms with Gasteiger partial charge >= 0.3 is 12.0 Å². The predicted octanol–water partition coefficient (Wildman–Crippen LogP) is 0.957. The van der Waals surface area contributed by atoms with Crippen molar-refractivity contribution in [3.05, 3.63) is 21.9 Å². The molecule has 1 aromatic heterocycles. The van der Waals surface area contributed by atoms with Gasteiger partial charge in [0.2, 0.25) is 0 Å². The monoisotopic (exact) mass is 272 g/mol. The maximum atomic E-state index is 11.4. The zero-order chi connectivity index (χ0) is 13.4. The summed E-state index contributed by atoms with van der Waals surface area (Å²) in [5, 5.41) is 17.6. The Morgan fingerprint density at radius 2 is 2.17 bits per heavy atom. The lowest BCUT2D eigenvalue weighted by atomic mass is 10.2. The van der Waals surface area contributed by atoms with Crippen LogP contribution in [0.3, 0.4) is 0 Å². The Balaban J connectivity index is 2.07. The van der Waals surface area contributed by atoms with Gasteiger partial charge in [0, 0.05) is 13.1 Å². The zero-order valence-corrected chi connectivity index (χ0v) is 10.9. The number of carbonyl (C=O) groups excluding carboxylic acids is 1. The Hall–Kier alpha value is -1.60. The van der Waals surface area contributed by atoms with Gasteiger partial charge < -0.3 is 20.5 Å². The first-order valence-electron chi connectivity index (χ1n) is 5.42. The number of nitrogens with one attached hydrogen (secondary N) is 2. The van der Waals surface area contributed by atoms with E-state index in [0.717, 1.165) is 11.1 Å². The van der Waals surface area contributed by atoms with Crippen molar-refractivity contribution in [2.45, 2.75) is 13.5 Å². The van der Waals surface area contributed by atoms with E-state index in [4.69, 9.17) is 9.84 Å². The van der Waals surface area contributed by atoms with E-state index in [1.54, 1.807) is 11.3 Å². The minimum atomic E-state index is -1.02. The smallest absolute Gasteiger partial charge is 0.329 e. The van der Waals surface area contributed by atoms with Crippen LogP contribution in [0, 0.1) is 6.92 Å². The molecule has 0 spiro atoms. The summed E-state index contributed by atoms with van der Waals surface area (Å²) in [6, 6.07) is -0.292. The van der Waals surface area contributed by atoms with Crippen LogP contribution in [0.2, 0.25) is 0 Å². The number of carbonyl (C=O) groups is 2. The molecule has 3 N–H and O–H groups in total. The van der Waals surface area contributed by atoms with Crippen molar-refractivity contribution in [1.82, 2.24) is 10.6 Å². The second-order valence-electron chi connectivity index (χ2n) is 3.64. The van der Waals surface area contributed by atoms with Crippen molar-refractivity contribution in [2.75, 3.05) is 19.8 Å². The number of amides is 2. The van der Waals surface area contributed by atoms with Crippen LogP contribution in [-0.2, 0) is 16.1 Å². The van der Waals surface area contributed by atoms with Gasteiger partial charge in [0.1, 0.15) is 6.61 Å². The molecule has 0 unspecified atom stereocenters. The van der Waals surface area contributed by atoms with Gasteiger partial charge in [-0.15, -0.1) is 0 Å². The number of aryl methyl sites for hydroxylation is 1. The number of hydrogen-bond donors (Lipinski definition) is 3. The molecular weight excluding hydrogens is 256 g/mol. The first-order chi connectivity index (χ1) is 8.59. The summed E-state index contributed by atoms with van der Waals surface area (Å²) in [5.41, 5.74) is 2.25. The molecule has 0 fully saturated rings. The third-order valence-corrected chi connectivity index (χ3v) is 3.07. The first-order valence-corrected chi connectivity index (χ1v) is 6.36. The Labute approximate surface area is 109 Å². The molecule has 1 rings (SSSR count). The number of carboxylic acids is 1. The van der Waals surface area contributed by atoms with Crippen LogP contribution in [0.1, 0.15) is 11.1 Å². The molecular formula is C11H16N2O4S. The Morgan fingerprint density at radius 3 is 2.78 bits per heavy atom. The molecule has 7 heteroatoms. The molecule has 100 valence electrons. The van der Waals surface area contributed by atoms with E-state index >= 15 is 0 Å². The average Bonchev–Trinajstić information content (AvgIpc) is 2.71. The maximum absolute atomic E-state index is 11.4. The van der Waals surface area contributed by atoms with Crippen LogP contribution in [0.5, 0.6) is 0 Å². The number of thiophene rings is 1. The van der Waals surface area contributed by atoms with Crippen molar-refractivity contribution in [3.63, 3.8) is 0 Å². The summed E-state index contributed by atoms with van der Waals surface area (Å²) in [6.45, 7) is 2.58. The number of hydrogen-bond acceptors (Lipinski definition) is 4. The van der Waals surface area contributed by atoms with Crippen molar-refractivity contribution in [3.8, 4) is 0 Å². The third-order valence-electron chi connectivity index (χ3n) is 2.16. The Morgan fingerprint density at radius 1 is 1.39 bits per heavy atom. The van der Waals surface area contributed by atoms with Crippen LogP contribution in [0.25, 0.3) is 0 Å². The molecule has 18 heavy (non-hydrogen) atoms. The summed E-state index contributed by atoms with van der Waals surface area (Å²) in [5.74, 6) is -1.02. The first kappa shape index (κ1) is 14.5. The van der Waals surface area contributed by atoms with Crippen molar-refractivity contribution >= 4 is 23.3 Å². The average molecular weight is 272 g/mol. The van der Waals surface area contributed by atoms with Gasteiger partial charge in [0.25, 0.3) is 0 Å². The number of rotatable bonds is 7. The van der Waals surface area contributed by atoms with Gasteiger partial charge in [-0.25, -0.2) is 9.59 Å². The number of carboxylic acid groups (broad SMARTS) is 1. The van der Waals surface area contributed by atoms with Gasteiger partial charge in [0.05, 0.1) is 6.61 Å². The third kappa shape index (κ3) is 5.65. The Kier molecular flexibility index (Phi) is 6.16. The van der Waals surface area contributed by atoms with E-state index in [1.165, 1.54) is 0 Å². The fourth-order valence-corrected chi connectivity index (χ4v) is 2.06. The molecule has 0 radical (unpaired) electrons. The van der Waals surface area contributed by atoms with Gasteiger partial charge in [-0.1, -0.05) is 0 Å². The van der Waals surface area contributed by atoms with E-state index in [2.05, 4.69) is 10.6 Å². The van der Waals surface area contributed by atoms with E-state index in [0.29, 0.717) is 6.54 Å². The largest absolute Gasteiger partial charge is 0.480 e. The highest BCUT2D eigenvalue weighted by Gasteiger charge is 2.03. The number of urea groups is 1. The molecule has 0 aliphatic carbocycles.